The summed E-state index contributed by atoms with van der Waals surface area (Å²) in [6.45, 7) is 8.31. The lowest BCUT2D eigenvalue weighted by Crippen LogP contribution is -2.30. The van der Waals surface area contributed by atoms with Crippen molar-refractivity contribution in [3.05, 3.63) is 47.6 Å². The van der Waals surface area contributed by atoms with Crippen molar-refractivity contribution in [3.63, 3.8) is 0 Å². The molecule has 1 aliphatic carbocycles. The Kier molecular flexibility index (Phi) is 7.12. The number of hydrogen-bond donors (Lipinski definition) is 3. The molecule has 0 radical (unpaired) electrons. The van der Waals surface area contributed by atoms with Crippen molar-refractivity contribution < 1.29 is 34.4 Å². The zero-order valence-corrected chi connectivity index (χ0v) is 15.4. The molecule has 0 bridgehead atoms. The van der Waals surface area contributed by atoms with E-state index in [9.17, 15) is 19.8 Å². The number of carbonyl (C=O) groups excluding carboxylic acids is 2. The Morgan fingerprint density at radius 3 is 2.78 bits per heavy atom. The Morgan fingerprint density at radius 1 is 1.44 bits per heavy atom. The van der Waals surface area contributed by atoms with Crippen molar-refractivity contribution in [1.29, 1.82) is 0 Å². The van der Waals surface area contributed by atoms with Crippen LogP contribution in [0.3, 0.4) is 0 Å². The average molecular weight is 378 g/mol. The van der Waals surface area contributed by atoms with Gasteiger partial charge in [0.2, 0.25) is 0 Å². The maximum atomic E-state index is 12.3. The number of aliphatic hydroxyl groups is 3. The molecule has 0 aromatic heterocycles. The second kappa shape index (κ2) is 9.12. The van der Waals surface area contributed by atoms with Crippen LogP contribution >= 0.6 is 0 Å². The molecule has 0 spiro atoms. The summed E-state index contributed by atoms with van der Waals surface area (Å²) in [7, 11) is 0. The molecular formula is C20H26O7. The smallest absolute Gasteiger partial charge is 0.336 e. The van der Waals surface area contributed by atoms with Gasteiger partial charge < -0.3 is 24.8 Å². The van der Waals surface area contributed by atoms with E-state index in [0.717, 1.165) is 11.1 Å². The van der Waals surface area contributed by atoms with Gasteiger partial charge in [0.1, 0.15) is 18.3 Å². The van der Waals surface area contributed by atoms with E-state index in [1.54, 1.807) is 6.08 Å². The van der Waals surface area contributed by atoms with Crippen molar-refractivity contribution in [3.8, 4) is 0 Å². The zero-order chi connectivity index (χ0) is 20.1. The van der Waals surface area contributed by atoms with E-state index in [0.29, 0.717) is 12.8 Å². The fourth-order valence-corrected chi connectivity index (χ4v) is 3.13. The molecular weight excluding hydrogens is 352 g/mol. The molecule has 0 amide bonds. The van der Waals surface area contributed by atoms with E-state index < -0.39 is 42.8 Å². The van der Waals surface area contributed by atoms with Crippen LogP contribution < -0.4 is 0 Å². The highest BCUT2D eigenvalue weighted by Gasteiger charge is 2.40. The van der Waals surface area contributed by atoms with Crippen LogP contribution in [-0.2, 0) is 19.1 Å². The molecule has 0 aromatic rings. The van der Waals surface area contributed by atoms with Gasteiger partial charge in [-0.05, 0) is 43.4 Å². The number of ether oxygens (including phenoxy) is 2. The van der Waals surface area contributed by atoms with Gasteiger partial charge in [0.25, 0.3) is 0 Å². The normalized spacial score (nSPS) is 30.9. The van der Waals surface area contributed by atoms with Gasteiger partial charge in [0.15, 0.2) is 0 Å². The number of aliphatic hydroxyl groups excluding tert-OH is 3. The molecule has 4 atom stereocenters. The Bertz CT molecular complexity index is 688. The van der Waals surface area contributed by atoms with Gasteiger partial charge in [0, 0.05) is 11.5 Å². The summed E-state index contributed by atoms with van der Waals surface area (Å²) in [6, 6.07) is 0. The van der Waals surface area contributed by atoms with Gasteiger partial charge in [-0.2, -0.15) is 0 Å². The van der Waals surface area contributed by atoms with E-state index in [2.05, 4.69) is 13.2 Å². The van der Waals surface area contributed by atoms with Gasteiger partial charge in [-0.3, -0.25) is 0 Å². The largest absolute Gasteiger partial charge is 0.454 e. The van der Waals surface area contributed by atoms with Gasteiger partial charge in [-0.15, -0.1) is 0 Å². The highest BCUT2D eigenvalue weighted by molar-refractivity contribution is 5.91. The summed E-state index contributed by atoms with van der Waals surface area (Å²) in [5, 5.41) is 28.1. The molecule has 148 valence electrons. The van der Waals surface area contributed by atoms with Crippen LogP contribution in [0, 0.1) is 5.92 Å². The van der Waals surface area contributed by atoms with Crippen LogP contribution in [0.2, 0.25) is 0 Å². The van der Waals surface area contributed by atoms with Crippen molar-refractivity contribution in [2.24, 2.45) is 5.92 Å². The number of hydrogen-bond acceptors (Lipinski definition) is 7. The summed E-state index contributed by atoms with van der Waals surface area (Å²) in [4.78, 5) is 24.2. The Morgan fingerprint density at radius 2 is 2.15 bits per heavy atom. The first kappa shape index (κ1) is 21.1. The van der Waals surface area contributed by atoms with Crippen LogP contribution in [0.15, 0.2) is 47.6 Å². The highest BCUT2D eigenvalue weighted by Crippen LogP contribution is 2.35. The second-order valence-corrected chi connectivity index (χ2v) is 6.82. The standard InChI is InChI=1S/C20H26O7/c1-11-5-4-6-14(9-21)7-18-15(12(2)19(24)27-18)8-17(11)26-20(25)13(3)16(23)10-22/h5,7,15-18,21-23H,2-4,6,8-10H2,1H3/b11-5+,14-7-/t15-,16+,17+,18+/m0/s1. The summed E-state index contributed by atoms with van der Waals surface area (Å²) in [5.41, 5.74) is 1.60. The third kappa shape index (κ3) is 4.94. The zero-order valence-electron chi connectivity index (χ0n) is 15.4. The average Bonchev–Trinajstić information content (AvgIpc) is 2.92. The fraction of sp³-hybridized carbons (Fsp3) is 0.500. The Balaban J connectivity index is 2.27. The molecule has 2 aliphatic rings. The predicted molar refractivity (Wildman–Crippen MR) is 97.4 cm³/mol. The van der Waals surface area contributed by atoms with E-state index in [1.165, 1.54) is 0 Å². The number of fused-ring (bicyclic) bond motifs is 1. The van der Waals surface area contributed by atoms with Crippen LogP contribution in [0.1, 0.15) is 26.2 Å². The summed E-state index contributed by atoms with van der Waals surface area (Å²) in [5.74, 6) is -1.73. The van der Waals surface area contributed by atoms with Gasteiger partial charge >= 0.3 is 11.9 Å². The molecule has 0 aromatic carbocycles. The maximum absolute atomic E-state index is 12.3. The van der Waals surface area contributed by atoms with Gasteiger partial charge in [-0.25, -0.2) is 9.59 Å². The predicted octanol–water partition coefficient (Wildman–Crippen LogP) is 0.954. The molecule has 0 saturated carbocycles. The number of rotatable bonds is 5. The van der Waals surface area contributed by atoms with E-state index in [4.69, 9.17) is 14.6 Å². The number of esters is 2. The SMILES string of the molecule is C=C(C(=O)O[C@@H]1C[C@H]2C(=C)C(=O)O[C@@H]2/C=C(\CO)CC/C=C/1C)[C@H](O)CO. The van der Waals surface area contributed by atoms with Crippen molar-refractivity contribution >= 4 is 11.9 Å². The van der Waals surface area contributed by atoms with E-state index in [-0.39, 0.29) is 24.2 Å². The number of carbonyl (C=O) groups is 2. The molecule has 1 aliphatic heterocycles. The minimum absolute atomic E-state index is 0.128. The highest BCUT2D eigenvalue weighted by atomic mass is 16.6. The van der Waals surface area contributed by atoms with Gasteiger partial charge in [0.05, 0.1) is 18.8 Å². The Hall–Kier alpha value is -2.22. The van der Waals surface area contributed by atoms with Crippen LogP contribution in [0.4, 0.5) is 0 Å². The molecule has 7 heteroatoms. The lowest BCUT2D eigenvalue weighted by molar-refractivity contribution is -0.145. The quantitative estimate of drug-likeness (QED) is 0.371. The molecule has 3 N–H and O–H groups in total. The third-order valence-corrected chi connectivity index (χ3v) is 4.95. The Labute approximate surface area is 158 Å². The molecule has 1 saturated heterocycles. The van der Waals surface area contributed by atoms with Crippen molar-refractivity contribution in [2.45, 2.75) is 44.5 Å². The lowest BCUT2D eigenvalue weighted by Gasteiger charge is -2.26. The fourth-order valence-electron chi connectivity index (χ4n) is 3.13. The molecule has 1 heterocycles. The van der Waals surface area contributed by atoms with Crippen LogP contribution in [0.25, 0.3) is 0 Å². The van der Waals surface area contributed by atoms with Crippen LogP contribution in [-0.4, -0.2) is 58.8 Å². The summed E-state index contributed by atoms with van der Waals surface area (Å²) in [6.07, 6.45) is 2.48. The van der Waals surface area contributed by atoms with Crippen molar-refractivity contribution in [1.82, 2.24) is 0 Å². The van der Waals surface area contributed by atoms with E-state index >= 15 is 0 Å². The topological polar surface area (TPSA) is 113 Å². The van der Waals surface area contributed by atoms with Gasteiger partial charge in [-0.1, -0.05) is 19.2 Å². The summed E-state index contributed by atoms with van der Waals surface area (Å²) >= 11 is 0. The minimum Gasteiger partial charge on any atom is -0.454 e. The summed E-state index contributed by atoms with van der Waals surface area (Å²) < 4.78 is 10.9. The first-order chi connectivity index (χ1) is 12.8. The first-order valence-corrected chi connectivity index (χ1v) is 8.84. The molecule has 7 nitrogen and oxygen atoms in total. The monoisotopic (exact) mass is 378 g/mol. The molecule has 27 heavy (non-hydrogen) atoms. The molecule has 2 rings (SSSR count). The minimum atomic E-state index is -1.39. The third-order valence-electron chi connectivity index (χ3n) is 4.95. The lowest BCUT2D eigenvalue weighted by atomic mass is 9.86. The van der Waals surface area contributed by atoms with Crippen molar-refractivity contribution in [2.75, 3.05) is 13.2 Å². The molecule has 0 unspecified atom stereocenters. The second-order valence-electron chi connectivity index (χ2n) is 6.82. The van der Waals surface area contributed by atoms with Crippen LogP contribution in [0.5, 0.6) is 0 Å². The van der Waals surface area contributed by atoms with E-state index in [1.807, 2.05) is 13.0 Å². The molecule has 1 fully saturated rings. The first-order valence-electron chi connectivity index (χ1n) is 8.84. The maximum Gasteiger partial charge on any atom is 0.336 e. The number of allylic oxidation sites excluding steroid dienone is 1.